The van der Waals surface area contributed by atoms with Crippen molar-refractivity contribution in [3.05, 3.63) is 64.0 Å². The number of thioether (sulfide) groups is 1. The van der Waals surface area contributed by atoms with Crippen molar-refractivity contribution in [2.75, 3.05) is 6.61 Å². The van der Waals surface area contributed by atoms with Gasteiger partial charge in [-0.15, -0.1) is 5.10 Å². The van der Waals surface area contributed by atoms with Gasteiger partial charge in [0.2, 0.25) is 0 Å². The fraction of sp³-hybridized carbons (Fsp3) is 0.300. The van der Waals surface area contributed by atoms with Gasteiger partial charge in [0.05, 0.1) is 22.8 Å². The fourth-order valence-electron chi connectivity index (χ4n) is 3.44. The molecule has 2 heterocycles. The molecule has 1 aliphatic rings. The summed E-state index contributed by atoms with van der Waals surface area (Å²) in [5.41, 5.74) is -1.12. The number of ether oxygens (including phenoxy) is 1. The third-order valence-electron chi connectivity index (χ3n) is 5.10. The molecule has 0 amide bonds. The largest absolute Gasteiger partial charge is 0.394 e. The first-order chi connectivity index (χ1) is 15.7. The molecule has 0 radical (unpaired) electrons. The Morgan fingerprint density at radius 1 is 1.09 bits per heavy atom. The van der Waals surface area contributed by atoms with Gasteiger partial charge in [0, 0.05) is 10.5 Å². The number of nitrogens with zero attached hydrogens (tertiary/aromatic N) is 3. The molecule has 13 heteroatoms. The standard InChI is InChI=1S/C20H16Cl2F3N3O4S/c21-9-2-1-3-14(15(9)22)33-20-19(31)17(18(30)13(7-29)32-20)28-6-12(26-27-28)8-4-10(23)16(25)11(24)5-8/h1-6,13,17-20,29-31H,7H2/t13?,17?,18-,19+,20+/m0/s1. The Bertz CT molecular complexity index is 1150. The molecule has 4 rings (SSSR count). The first kappa shape index (κ1) is 24.3. The number of aliphatic hydroxyl groups is 3. The predicted octanol–water partition coefficient (Wildman–Crippen LogP) is 3.44. The minimum absolute atomic E-state index is 0.0265. The maximum atomic E-state index is 13.6. The molecule has 1 aromatic heterocycles. The van der Waals surface area contributed by atoms with Gasteiger partial charge < -0.3 is 20.1 Å². The summed E-state index contributed by atoms with van der Waals surface area (Å²) in [7, 11) is 0. The van der Waals surface area contributed by atoms with Gasteiger partial charge in [0.1, 0.15) is 35.5 Å². The van der Waals surface area contributed by atoms with E-state index >= 15 is 0 Å². The lowest BCUT2D eigenvalue weighted by molar-refractivity contribution is -0.178. The van der Waals surface area contributed by atoms with E-state index in [0.717, 1.165) is 28.6 Å². The van der Waals surface area contributed by atoms with E-state index in [1.54, 1.807) is 18.2 Å². The minimum atomic E-state index is -1.62. The van der Waals surface area contributed by atoms with Crippen molar-refractivity contribution >= 4 is 35.0 Å². The molecule has 0 bridgehead atoms. The molecule has 5 atom stereocenters. The van der Waals surface area contributed by atoms with Gasteiger partial charge in [0.15, 0.2) is 17.5 Å². The molecule has 0 aliphatic carbocycles. The summed E-state index contributed by atoms with van der Waals surface area (Å²) in [6.45, 7) is -0.569. The average Bonchev–Trinajstić information content (AvgIpc) is 3.26. The molecule has 33 heavy (non-hydrogen) atoms. The number of halogens is 5. The Morgan fingerprint density at radius 2 is 1.79 bits per heavy atom. The Hall–Kier alpha value is -1.86. The quantitative estimate of drug-likeness (QED) is 0.442. The molecule has 2 unspecified atom stereocenters. The van der Waals surface area contributed by atoms with Crippen molar-refractivity contribution in [2.45, 2.75) is 34.7 Å². The summed E-state index contributed by atoms with van der Waals surface area (Å²) in [5, 5.41) is 39.5. The summed E-state index contributed by atoms with van der Waals surface area (Å²) in [5.74, 6) is -4.42. The normalized spacial score (nSPS) is 25.4. The predicted molar refractivity (Wildman–Crippen MR) is 114 cm³/mol. The number of rotatable bonds is 5. The van der Waals surface area contributed by atoms with Gasteiger partial charge in [-0.2, -0.15) is 0 Å². The second-order valence-corrected chi connectivity index (χ2v) is 9.13. The van der Waals surface area contributed by atoms with Gasteiger partial charge in [-0.05, 0) is 24.3 Å². The highest BCUT2D eigenvalue weighted by Gasteiger charge is 2.46. The zero-order chi connectivity index (χ0) is 23.9. The smallest absolute Gasteiger partial charge is 0.194 e. The van der Waals surface area contributed by atoms with E-state index in [1.165, 1.54) is 6.20 Å². The van der Waals surface area contributed by atoms with Gasteiger partial charge >= 0.3 is 0 Å². The van der Waals surface area contributed by atoms with Crippen LogP contribution in [0.5, 0.6) is 0 Å². The van der Waals surface area contributed by atoms with E-state index in [4.69, 9.17) is 27.9 Å². The average molecular weight is 522 g/mol. The van der Waals surface area contributed by atoms with Gasteiger partial charge in [-0.1, -0.05) is 46.2 Å². The van der Waals surface area contributed by atoms with Crippen LogP contribution < -0.4 is 0 Å². The molecule has 1 fully saturated rings. The number of aliphatic hydroxyl groups excluding tert-OH is 3. The van der Waals surface area contributed by atoms with Crippen LogP contribution in [-0.4, -0.2) is 60.7 Å². The van der Waals surface area contributed by atoms with E-state index in [2.05, 4.69) is 10.3 Å². The zero-order valence-electron chi connectivity index (χ0n) is 16.4. The van der Waals surface area contributed by atoms with Crippen molar-refractivity contribution in [2.24, 2.45) is 0 Å². The highest BCUT2D eigenvalue weighted by atomic mass is 35.5. The molecule has 3 aromatic rings. The van der Waals surface area contributed by atoms with Crippen LogP contribution in [0.3, 0.4) is 0 Å². The van der Waals surface area contributed by atoms with E-state index in [1.807, 2.05) is 0 Å². The summed E-state index contributed by atoms with van der Waals surface area (Å²) in [6, 6.07) is 5.26. The summed E-state index contributed by atoms with van der Waals surface area (Å²) in [6.07, 6.45) is -2.65. The minimum Gasteiger partial charge on any atom is -0.394 e. The Balaban J connectivity index is 1.65. The van der Waals surface area contributed by atoms with Crippen LogP contribution >= 0.6 is 35.0 Å². The summed E-state index contributed by atoms with van der Waals surface area (Å²) < 4.78 is 47.2. The molecule has 0 saturated carbocycles. The number of aromatic nitrogens is 3. The summed E-state index contributed by atoms with van der Waals surface area (Å²) >= 11 is 13.3. The molecule has 1 saturated heterocycles. The Kier molecular flexibility index (Phi) is 7.20. The monoisotopic (exact) mass is 521 g/mol. The molecular weight excluding hydrogens is 506 g/mol. The molecular formula is C20H16Cl2F3N3O4S. The van der Waals surface area contributed by atoms with E-state index < -0.39 is 53.8 Å². The van der Waals surface area contributed by atoms with Gasteiger partial charge in [0.25, 0.3) is 0 Å². The number of hydrogen-bond donors (Lipinski definition) is 3. The number of hydrogen-bond acceptors (Lipinski definition) is 7. The third-order valence-corrected chi connectivity index (χ3v) is 7.25. The van der Waals surface area contributed by atoms with Crippen molar-refractivity contribution < 1.29 is 33.2 Å². The van der Waals surface area contributed by atoms with Crippen LogP contribution in [0.25, 0.3) is 11.3 Å². The van der Waals surface area contributed by atoms with Gasteiger partial charge in [-0.3, -0.25) is 0 Å². The van der Waals surface area contributed by atoms with Crippen LogP contribution in [0.2, 0.25) is 10.0 Å². The third kappa shape index (κ3) is 4.72. The molecule has 1 aliphatic heterocycles. The number of benzene rings is 2. The van der Waals surface area contributed by atoms with Crippen LogP contribution in [0.1, 0.15) is 6.04 Å². The fourth-order valence-corrected chi connectivity index (χ4v) is 5.05. The molecule has 7 nitrogen and oxygen atoms in total. The lowest BCUT2D eigenvalue weighted by Gasteiger charge is -2.41. The zero-order valence-corrected chi connectivity index (χ0v) is 18.8. The maximum absolute atomic E-state index is 13.6. The Morgan fingerprint density at radius 3 is 2.45 bits per heavy atom. The summed E-state index contributed by atoms with van der Waals surface area (Å²) in [4.78, 5) is 0.497. The Labute approximate surface area is 199 Å². The van der Waals surface area contributed by atoms with Crippen molar-refractivity contribution in [3.8, 4) is 11.3 Å². The molecule has 2 aromatic carbocycles. The van der Waals surface area contributed by atoms with E-state index in [-0.39, 0.29) is 16.3 Å². The topological polar surface area (TPSA) is 101 Å². The molecule has 0 spiro atoms. The lowest BCUT2D eigenvalue weighted by Crippen LogP contribution is -2.55. The van der Waals surface area contributed by atoms with E-state index in [9.17, 15) is 28.5 Å². The molecule has 3 N–H and O–H groups in total. The van der Waals surface area contributed by atoms with Gasteiger partial charge in [-0.25, -0.2) is 17.9 Å². The highest BCUT2D eigenvalue weighted by Crippen LogP contribution is 2.41. The second kappa shape index (κ2) is 9.79. The van der Waals surface area contributed by atoms with E-state index in [0.29, 0.717) is 9.92 Å². The maximum Gasteiger partial charge on any atom is 0.194 e. The van der Waals surface area contributed by atoms with Crippen LogP contribution in [0.4, 0.5) is 13.2 Å². The van der Waals surface area contributed by atoms with Crippen molar-refractivity contribution in [1.82, 2.24) is 15.0 Å². The first-order valence-corrected chi connectivity index (χ1v) is 11.1. The van der Waals surface area contributed by atoms with Crippen molar-refractivity contribution in [3.63, 3.8) is 0 Å². The highest BCUT2D eigenvalue weighted by molar-refractivity contribution is 8.00. The van der Waals surface area contributed by atoms with Crippen LogP contribution in [-0.2, 0) is 4.74 Å². The van der Waals surface area contributed by atoms with Crippen molar-refractivity contribution in [1.29, 1.82) is 0 Å². The molecule has 176 valence electrons. The first-order valence-electron chi connectivity index (χ1n) is 9.51. The lowest BCUT2D eigenvalue weighted by atomic mass is 9.97. The SMILES string of the molecule is OCC1O[C@H](Sc2cccc(Cl)c2Cl)[C@H](O)C(n2cc(-c3cc(F)c(F)c(F)c3)nn2)[C@H]1O. The van der Waals surface area contributed by atoms with Crippen LogP contribution in [0, 0.1) is 17.5 Å². The van der Waals surface area contributed by atoms with Crippen LogP contribution in [0.15, 0.2) is 41.4 Å². The second-order valence-electron chi connectivity index (χ2n) is 7.20.